The predicted octanol–water partition coefficient (Wildman–Crippen LogP) is 2.53. The minimum absolute atomic E-state index is 0.0742. The molecule has 3 amide bonds. The summed E-state index contributed by atoms with van der Waals surface area (Å²) in [6, 6.07) is 9.06. The smallest absolute Gasteiger partial charge is 0.306 e. The third kappa shape index (κ3) is 7.09. The van der Waals surface area contributed by atoms with Gasteiger partial charge in [0.15, 0.2) is 0 Å². The fourth-order valence-electron chi connectivity index (χ4n) is 5.91. The van der Waals surface area contributed by atoms with Crippen LogP contribution in [0.15, 0.2) is 36.4 Å². The van der Waals surface area contributed by atoms with Gasteiger partial charge in [0.25, 0.3) is 11.8 Å². The Bertz CT molecular complexity index is 1430. The molecule has 2 aromatic carbocycles. The van der Waals surface area contributed by atoms with E-state index in [0.29, 0.717) is 23.8 Å². The third-order valence-electron chi connectivity index (χ3n) is 8.12. The van der Waals surface area contributed by atoms with Gasteiger partial charge in [0.1, 0.15) is 17.5 Å². The summed E-state index contributed by atoms with van der Waals surface area (Å²) in [6.07, 6.45) is -0.369. The Kier molecular flexibility index (Phi) is 9.33. The van der Waals surface area contributed by atoms with Crippen molar-refractivity contribution in [2.45, 2.75) is 64.4 Å². The van der Waals surface area contributed by atoms with E-state index in [0.717, 1.165) is 49.9 Å². The van der Waals surface area contributed by atoms with Crippen molar-refractivity contribution in [3.05, 3.63) is 64.5 Å². The van der Waals surface area contributed by atoms with E-state index in [4.69, 9.17) is 15.2 Å². The lowest BCUT2D eigenvalue weighted by molar-refractivity contribution is -0.155. The van der Waals surface area contributed by atoms with Crippen LogP contribution in [0.4, 0.5) is 10.1 Å². The number of nitrogens with one attached hydrogen (secondary N) is 1. The van der Waals surface area contributed by atoms with Gasteiger partial charge in [-0.15, -0.1) is 0 Å². The molecule has 0 radical (unpaired) electrons. The topological polar surface area (TPSA) is 135 Å². The molecule has 0 spiro atoms. The van der Waals surface area contributed by atoms with Crippen molar-refractivity contribution in [3.63, 3.8) is 0 Å². The first-order valence-electron chi connectivity index (χ1n) is 15.0. The summed E-state index contributed by atoms with van der Waals surface area (Å²) >= 11 is 0. The first kappa shape index (κ1) is 31.6. The number of nitrogens with zero attached hydrogens (tertiary/aromatic N) is 3. The molecule has 0 saturated carbocycles. The molecule has 1 atom stereocenters. The largest absolute Gasteiger partial charge is 0.460 e. The summed E-state index contributed by atoms with van der Waals surface area (Å²) in [4.78, 5) is 56.8. The molecular formula is C32H40FN5O6. The maximum atomic E-state index is 15.1. The molecule has 5 rings (SSSR count). The quantitative estimate of drug-likeness (QED) is 0.291. The average Bonchev–Trinajstić information content (AvgIpc) is 3.19. The van der Waals surface area contributed by atoms with Crippen LogP contribution < -0.4 is 11.1 Å². The maximum absolute atomic E-state index is 15.1. The molecule has 236 valence electrons. The van der Waals surface area contributed by atoms with Crippen molar-refractivity contribution in [2.75, 3.05) is 44.7 Å². The number of nitrogens with two attached hydrogens (primary N) is 1. The minimum atomic E-state index is -1.33. The molecule has 11 nitrogen and oxygen atoms in total. The molecule has 3 heterocycles. The van der Waals surface area contributed by atoms with Gasteiger partial charge in [0, 0.05) is 63.0 Å². The van der Waals surface area contributed by atoms with Crippen LogP contribution in [0, 0.1) is 5.82 Å². The van der Waals surface area contributed by atoms with Gasteiger partial charge in [0.2, 0.25) is 5.91 Å². The van der Waals surface area contributed by atoms with E-state index in [1.165, 1.54) is 12.1 Å². The van der Waals surface area contributed by atoms with Crippen molar-refractivity contribution in [3.8, 4) is 0 Å². The number of fused-ring (bicyclic) bond motifs is 1. The number of carbonyl (C=O) groups excluding carboxylic acids is 4. The molecular weight excluding hydrogens is 569 g/mol. The summed E-state index contributed by atoms with van der Waals surface area (Å²) < 4.78 is 25.8. The van der Waals surface area contributed by atoms with E-state index in [1.54, 1.807) is 39.0 Å². The van der Waals surface area contributed by atoms with Crippen LogP contribution in [0.25, 0.3) is 0 Å². The van der Waals surface area contributed by atoms with Crippen molar-refractivity contribution < 1.29 is 33.0 Å². The number of ether oxygens (including phenoxy) is 2. The summed E-state index contributed by atoms with van der Waals surface area (Å²) in [6.45, 7) is 11.2. The monoisotopic (exact) mass is 609 g/mol. The summed E-state index contributed by atoms with van der Waals surface area (Å²) in [5.74, 6) is -3.24. The fourth-order valence-corrected chi connectivity index (χ4v) is 5.91. The van der Waals surface area contributed by atoms with Gasteiger partial charge in [0.05, 0.1) is 24.3 Å². The molecule has 12 heteroatoms. The van der Waals surface area contributed by atoms with Crippen LogP contribution >= 0.6 is 0 Å². The standard InChI is InChI=1S/C32H40FN5O6/c1-32(2,3)44-27(39)10-9-26(29(34)40)38-30(41)23-5-4-6-25(28(23)31(38)42)35-16-21-8-7-20(15-24(21)33)17-36-18-22(19-36)37-11-13-43-14-12-37/h4-8,15,22,26,35H,9-14,16-19H2,1-3H3,(H2,34,40). The van der Waals surface area contributed by atoms with Crippen LogP contribution in [0.2, 0.25) is 0 Å². The highest BCUT2D eigenvalue weighted by Gasteiger charge is 2.43. The SMILES string of the molecule is CC(C)(C)OC(=O)CCC(C(N)=O)N1C(=O)c2cccc(NCc3ccc(CN4CC(N5CCOCC5)C4)cc3F)c2C1=O. The first-order valence-corrected chi connectivity index (χ1v) is 15.0. The van der Waals surface area contributed by atoms with Gasteiger partial charge in [-0.1, -0.05) is 18.2 Å². The van der Waals surface area contributed by atoms with Gasteiger partial charge in [-0.3, -0.25) is 33.9 Å². The number of hydrogen-bond donors (Lipinski definition) is 2. The van der Waals surface area contributed by atoms with Crippen LogP contribution in [0.1, 0.15) is 65.5 Å². The Morgan fingerprint density at radius 3 is 2.50 bits per heavy atom. The zero-order chi connectivity index (χ0) is 31.6. The van der Waals surface area contributed by atoms with Crippen LogP contribution in [-0.2, 0) is 32.2 Å². The molecule has 44 heavy (non-hydrogen) atoms. The second kappa shape index (κ2) is 13.0. The van der Waals surface area contributed by atoms with E-state index < -0.39 is 35.3 Å². The maximum Gasteiger partial charge on any atom is 0.306 e. The summed E-state index contributed by atoms with van der Waals surface area (Å²) in [5, 5.41) is 3.09. The number of esters is 1. The predicted molar refractivity (Wildman–Crippen MR) is 160 cm³/mol. The van der Waals surface area contributed by atoms with Crippen LogP contribution in [0.5, 0.6) is 0 Å². The van der Waals surface area contributed by atoms with E-state index in [9.17, 15) is 19.2 Å². The molecule has 0 bridgehead atoms. The second-order valence-electron chi connectivity index (χ2n) is 12.5. The van der Waals surface area contributed by atoms with Crippen LogP contribution in [0.3, 0.4) is 0 Å². The highest BCUT2D eigenvalue weighted by Crippen LogP contribution is 2.32. The minimum Gasteiger partial charge on any atom is -0.460 e. The number of likely N-dealkylation sites (tertiary alicyclic amines) is 1. The van der Waals surface area contributed by atoms with E-state index >= 15 is 4.39 Å². The number of hydrogen-bond acceptors (Lipinski definition) is 9. The molecule has 2 aromatic rings. The number of primary amides is 1. The van der Waals surface area contributed by atoms with Gasteiger partial charge in [-0.2, -0.15) is 0 Å². The molecule has 3 N–H and O–H groups in total. The number of amides is 3. The van der Waals surface area contributed by atoms with Gasteiger partial charge in [-0.25, -0.2) is 4.39 Å². The van der Waals surface area contributed by atoms with Gasteiger partial charge in [-0.05, 0) is 51.0 Å². The number of morpholine rings is 1. The first-order chi connectivity index (χ1) is 20.9. The zero-order valence-corrected chi connectivity index (χ0v) is 25.4. The molecule has 2 fully saturated rings. The number of carbonyl (C=O) groups is 4. The summed E-state index contributed by atoms with van der Waals surface area (Å²) in [7, 11) is 0. The third-order valence-corrected chi connectivity index (χ3v) is 8.12. The van der Waals surface area contributed by atoms with E-state index in [2.05, 4.69) is 15.1 Å². The normalized spacial score (nSPS) is 18.6. The average molecular weight is 610 g/mol. The lowest BCUT2D eigenvalue weighted by Gasteiger charge is -2.46. The van der Waals surface area contributed by atoms with E-state index in [-0.39, 0.29) is 36.3 Å². The Labute approximate surface area is 256 Å². The zero-order valence-electron chi connectivity index (χ0n) is 25.4. The molecule has 1 unspecified atom stereocenters. The Hall–Kier alpha value is -3.87. The van der Waals surface area contributed by atoms with Gasteiger partial charge < -0.3 is 20.5 Å². The molecule has 0 aliphatic carbocycles. The molecule has 3 aliphatic heterocycles. The van der Waals surface area contributed by atoms with Crippen molar-refractivity contribution >= 4 is 29.4 Å². The van der Waals surface area contributed by atoms with Gasteiger partial charge >= 0.3 is 5.97 Å². The molecule has 2 saturated heterocycles. The number of benzene rings is 2. The van der Waals surface area contributed by atoms with E-state index in [1.807, 2.05) is 6.07 Å². The molecule has 3 aliphatic rings. The highest BCUT2D eigenvalue weighted by molar-refractivity contribution is 6.25. The lowest BCUT2D eigenvalue weighted by atomic mass is 10.0. The van der Waals surface area contributed by atoms with Crippen LogP contribution in [-0.4, -0.2) is 95.5 Å². The number of rotatable bonds is 11. The fraction of sp³-hybridized carbons (Fsp3) is 0.500. The number of imide groups is 1. The molecule has 0 aromatic heterocycles. The number of anilines is 1. The Morgan fingerprint density at radius 1 is 1.11 bits per heavy atom. The van der Waals surface area contributed by atoms with Crippen molar-refractivity contribution in [1.29, 1.82) is 0 Å². The number of halogens is 1. The summed E-state index contributed by atoms with van der Waals surface area (Å²) in [5.41, 5.74) is 6.64. The Morgan fingerprint density at radius 2 is 1.84 bits per heavy atom. The lowest BCUT2D eigenvalue weighted by Crippen LogP contribution is -2.60. The Balaban J connectivity index is 1.20. The van der Waals surface area contributed by atoms with Crippen molar-refractivity contribution in [1.82, 2.24) is 14.7 Å². The van der Waals surface area contributed by atoms with Crippen molar-refractivity contribution in [2.24, 2.45) is 5.73 Å². The highest BCUT2D eigenvalue weighted by atomic mass is 19.1. The second-order valence-corrected chi connectivity index (χ2v) is 12.5.